The van der Waals surface area contributed by atoms with E-state index in [2.05, 4.69) is 41.2 Å². The number of hydrogen-bond acceptors (Lipinski definition) is 5. The van der Waals surface area contributed by atoms with E-state index in [0.29, 0.717) is 17.9 Å². The molecule has 0 saturated carbocycles. The van der Waals surface area contributed by atoms with Gasteiger partial charge < -0.3 is 9.47 Å². The average molecular weight is 419 g/mol. The molecule has 31 heavy (non-hydrogen) atoms. The highest BCUT2D eigenvalue weighted by Crippen LogP contribution is 2.20. The summed E-state index contributed by atoms with van der Waals surface area (Å²) in [7, 11) is 0. The molecule has 0 bridgehead atoms. The van der Waals surface area contributed by atoms with Crippen molar-refractivity contribution in [3.05, 3.63) is 72.1 Å². The summed E-state index contributed by atoms with van der Waals surface area (Å²) in [4.78, 5) is 20.9. The highest BCUT2D eigenvalue weighted by molar-refractivity contribution is 5.90. The van der Waals surface area contributed by atoms with Crippen molar-refractivity contribution in [2.45, 2.75) is 52.4 Å². The molecule has 2 aromatic carbocycles. The maximum Gasteiger partial charge on any atom is 0.344 e. The lowest BCUT2D eigenvalue weighted by Crippen LogP contribution is -2.09. The Hall–Kier alpha value is -3.21. The number of aryl methyl sites for hydroxylation is 1. The second-order valence-corrected chi connectivity index (χ2v) is 7.45. The molecule has 0 radical (unpaired) electrons. The number of rotatable bonds is 11. The van der Waals surface area contributed by atoms with Gasteiger partial charge in [-0.1, -0.05) is 56.9 Å². The van der Waals surface area contributed by atoms with Crippen LogP contribution in [0.15, 0.2) is 60.9 Å². The molecular formula is C26H30N2O3. The highest BCUT2D eigenvalue weighted by Gasteiger charge is 2.10. The van der Waals surface area contributed by atoms with Crippen molar-refractivity contribution in [3.63, 3.8) is 0 Å². The number of ether oxygens (including phenoxy) is 2. The number of aromatic nitrogens is 2. The average Bonchev–Trinajstić information content (AvgIpc) is 2.81. The van der Waals surface area contributed by atoms with E-state index in [-0.39, 0.29) is 5.88 Å². The van der Waals surface area contributed by atoms with Crippen molar-refractivity contribution in [2.75, 3.05) is 6.61 Å². The number of carbonyl (C=O) groups is 1. The third-order valence-electron chi connectivity index (χ3n) is 5.05. The molecule has 5 heteroatoms. The molecule has 162 valence electrons. The van der Waals surface area contributed by atoms with Gasteiger partial charge in [-0.2, -0.15) is 0 Å². The maximum absolute atomic E-state index is 12.3. The third kappa shape index (κ3) is 6.92. The summed E-state index contributed by atoms with van der Waals surface area (Å²) in [6.45, 7) is 4.72. The van der Waals surface area contributed by atoms with Gasteiger partial charge in [-0.05, 0) is 49.6 Å². The van der Waals surface area contributed by atoms with Crippen molar-refractivity contribution in [2.24, 2.45) is 0 Å². The fourth-order valence-corrected chi connectivity index (χ4v) is 3.30. The van der Waals surface area contributed by atoms with Crippen LogP contribution in [0.5, 0.6) is 11.6 Å². The largest absolute Gasteiger partial charge is 0.494 e. The molecule has 0 unspecified atom stereocenters. The van der Waals surface area contributed by atoms with E-state index < -0.39 is 5.97 Å². The Balaban J connectivity index is 1.54. The monoisotopic (exact) mass is 418 g/mol. The maximum atomic E-state index is 12.3. The van der Waals surface area contributed by atoms with Crippen LogP contribution in [0.25, 0.3) is 11.3 Å². The number of carbonyl (C=O) groups excluding carboxylic acids is 1. The molecule has 0 N–H and O–H groups in total. The quantitative estimate of drug-likeness (QED) is 0.271. The van der Waals surface area contributed by atoms with E-state index in [1.54, 1.807) is 30.5 Å². The first-order valence-electron chi connectivity index (χ1n) is 11.1. The SMILES string of the molecule is CCCCCCCc1ccc(-c2cnc(OC(=O)c3ccc(OCC)cc3)cn2)cc1. The Morgan fingerprint density at radius 3 is 2.23 bits per heavy atom. The molecule has 3 aromatic rings. The van der Waals surface area contributed by atoms with Gasteiger partial charge in [0.15, 0.2) is 0 Å². The third-order valence-corrected chi connectivity index (χ3v) is 5.05. The van der Waals surface area contributed by atoms with E-state index in [4.69, 9.17) is 9.47 Å². The summed E-state index contributed by atoms with van der Waals surface area (Å²) in [5, 5.41) is 0. The first-order chi connectivity index (χ1) is 15.2. The Morgan fingerprint density at radius 2 is 1.58 bits per heavy atom. The molecule has 0 spiro atoms. The van der Waals surface area contributed by atoms with Crippen LogP contribution in [0.4, 0.5) is 0 Å². The van der Waals surface area contributed by atoms with Gasteiger partial charge in [0.1, 0.15) is 5.75 Å². The minimum absolute atomic E-state index is 0.173. The van der Waals surface area contributed by atoms with Crippen LogP contribution in [-0.2, 0) is 6.42 Å². The van der Waals surface area contributed by atoms with Gasteiger partial charge in [-0.15, -0.1) is 0 Å². The molecule has 0 atom stereocenters. The van der Waals surface area contributed by atoms with Gasteiger partial charge >= 0.3 is 5.97 Å². The van der Waals surface area contributed by atoms with Gasteiger partial charge in [-0.25, -0.2) is 14.8 Å². The van der Waals surface area contributed by atoms with Gasteiger partial charge in [0.2, 0.25) is 5.88 Å². The topological polar surface area (TPSA) is 61.3 Å². The number of unbranched alkanes of at least 4 members (excludes halogenated alkanes) is 4. The Kier molecular flexibility index (Phi) is 8.59. The normalized spacial score (nSPS) is 10.6. The fourth-order valence-electron chi connectivity index (χ4n) is 3.30. The van der Waals surface area contributed by atoms with Crippen molar-refractivity contribution in [1.29, 1.82) is 0 Å². The summed E-state index contributed by atoms with van der Waals surface area (Å²) in [6.07, 6.45) is 10.6. The van der Waals surface area contributed by atoms with Crippen LogP contribution in [0.3, 0.4) is 0 Å². The summed E-state index contributed by atoms with van der Waals surface area (Å²) < 4.78 is 10.7. The first kappa shape index (κ1) is 22.5. The zero-order chi connectivity index (χ0) is 21.9. The van der Waals surface area contributed by atoms with E-state index in [1.165, 1.54) is 43.9 Å². The van der Waals surface area contributed by atoms with Crippen LogP contribution >= 0.6 is 0 Å². The number of hydrogen-bond donors (Lipinski definition) is 0. The Morgan fingerprint density at radius 1 is 0.839 bits per heavy atom. The lowest BCUT2D eigenvalue weighted by atomic mass is 10.0. The van der Waals surface area contributed by atoms with Crippen molar-refractivity contribution < 1.29 is 14.3 Å². The molecule has 0 amide bonds. The molecule has 5 nitrogen and oxygen atoms in total. The minimum atomic E-state index is -0.478. The molecule has 0 aliphatic carbocycles. The van der Waals surface area contributed by atoms with Crippen LogP contribution in [-0.4, -0.2) is 22.5 Å². The molecule has 0 saturated heterocycles. The molecular weight excluding hydrogens is 388 g/mol. The van der Waals surface area contributed by atoms with E-state index in [9.17, 15) is 4.79 Å². The van der Waals surface area contributed by atoms with Crippen LogP contribution in [0, 0.1) is 0 Å². The van der Waals surface area contributed by atoms with Crippen molar-refractivity contribution in [3.8, 4) is 22.9 Å². The summed E-state index contributed by atoms with van der Waals surface area (Å²) in [5.74, 6) is 0.408. The highest BCUT2D eigenvalue weighted by atomic mass is 16.5. The predicted octanol–water partition coefficient (Wildman–Crippen LogP) is 6.27. The summed E-state index contributed by atoms with van der Waals surface area (Å²) in [5.41, 5.74) is 3.51. The van der Waals surface area contributed by atoms with Crippen molar-refractivity contribution in [1.82, 2.24) is 9.97 Å². The lowest BCUT2D eigenvalue weighted by Gasteiger charge is -2.07. The molecule has 1 aromatic heterocycles. The van der Waals surface area contributed by atoms with E-state index in [0.717, 1.165) is 17.7 Å². The van der Waals surface area contributed by atoms with Gasteiger partial charge in [0.25, 0.3) is 0 Å². The Labute approximate surface area is 184 Å². The van der Waals surface area contributed by atoms with Gasteiger partial charge in [-0.3, -0.25) is 0 Å². The molecule has 1 heterocycles. The molecule has 3 rings (SSSR count). The fraction of sp³-hybridized carbons (Fsp3) is 0.346. The number of benzene rings is 2. The zero-order valence-electron chi connectivity index (χ0n) is 18.3. The van der Waals surface area contributed by atoms with Crippen LogP contribution in [0.2, 0.25) is 0 Å². The number of nitrogens with zero attached hydrogens (tertiary/aromatic N) is 2. The van der Waals surface area contributed by atoms with E-state index in [1.807, 2.05) is 6.92 Å². The van der Waals surface area contributed by atoms with E-state index >= 15 is 0 Å². The smallest absolute Gasteiger partial charge is 0.344 e. The molecule has 0 fully saturated rings. The van der Waals surface area contributed by atoms with Crippen LogP contribution < -0.4 is 9.47 Å². The van der Waals surface area contributed by atoms with Gasteiger partial charge in [0, 0.05) is 5.56 Å². The summed E-state index contributed by atoms with van der Waals surface area (Å²) >= 11 is 0. The second kappa shape index (κ2) is 11.8. The second-order valence-electron chi connectivity index (χ2n) is 7.45. The van der Waals surface area contributed by atoms with Crippen molar-refractivity contribution >= 4 is 5.97 Å². The number of esters is 1. The molecule has 0 aliphatic rings. The predicted molar refractivity (Wildman–Crippen MR) is 123 cm³/mol. The zero-order valence-corrected chi connectivity index (χ0v) is 18.3. The first-order valence-corrected chi connectivity index (χ1v) is 11.1. The minimum Gasteiger partial charge on any atom is -0.494 e. The molecule has 0 aliphatic heterocycles. The Bertz CT molecular complexity index is 936. The lowest BCUT2D eigenvalue weighted by molar-refractivity contribution is 0.0727. The standard InChI is InChI=1S/C26H30N2O3/c1-3-5-6-7-8-9-20-10-12-21(13-11-20)24-18-28-25(19-27-24)31-26(29)22-14-16-23(17-15-22)30-4-2/h10-19H,3-9H2,1-2H3. The van der Waals surface area contributed by atoms with Crippen LogP contribution in [0.1, 0.15) is 61.9 Å². The van der Waals surface area contributed by atoms with Gasteiger partial charge in [0.05, 0.1) is 30.3 Å². The summed E-state index contributed by atoms with van der Waals surface area (Å²) in [6, 6.07) is 15.2.